The van der Waals surface area contributed by atoms with Crippen LogP contribution in [0.3, 0.4) is 0 Å². The van der Waals surface area contributed by atoms with Crippen LogP contribution in [0.1, 0.15) is 24.3 Å². The molecule has 2 amide bonds. The molecule has 2 aliphatic rings. The maximum atomic E-state index is 12.0. The zero-order valence-corrected chi connectivity index (χ0v) is 13.7. The van der Waals surface area contributed by atoms with E-state index in [9.17, 15) is 9.59 Å². The first kappa shape index (κ1) is 16.4. The van der Waals surface area contributed by atoms with Gasteiger partial charge in [-0.1, -0.05) is 6.07 Å². The van der Waals surface area contributed by atoms with Crippen molar-refractivity contribution in [2.24, 2.45) is 0 Å². The highest BCUT2D eigenvalue weighted by molar-refractivity contribution is 6.67. The Hall–Kier alpha value is -2.49. The van der Waals surface area contributed by atoms with Crippen molar-refractivity contribution in [1.29, 1.82) is 5.26 Å². The van der Waals surface area contributed by atoms with Crippen LogP contribution in [-0.4, -0.2) is 38.7 Å². The fraction of sp³-hybridized carbons (Fsp3) is 0.471. The van der Waals surface area contributed by atoms with E-state index in [-0.39, 0.29) is 24.4 Å². The molecular weight excluding hydrogens is 305 g/mol. The van der Waals surface area contributed by atoms with Crippen LogP contribution >= 0.6 is 0 Å². The highest BCUT2D eigenvalue weighted by Crippen LogP contribution is 2.35. The molecule has 2 aliphatic heterocycles. The Morgan fingerprint density at radius 1 is 1.33 bits per heavy atom. The summed E-state index contributed by atoms with van der Waals surface area (Å²) < 4.78 is 5.53. The number of ether oxygens (including phenoxy) is 1. The lowest BCUT2D eigenvalue weighted by Crippen LogP contribution is -2.39. The lowest BCUT2D eigenvalue weighted by Gasteiger charge is -2.31. The maximum Gasteiger partial charge on any atom is 0.271 e. The second-order valence-electron chi connectivity index (χ2n) is 6.33. The fourth-order valence-corrected chi connectivity index (χ4v) is 3.43. The van der Waals surface area contributed by atoms with Gasteiger partial charge in [-0.15, -0.1) is 0 Å². The first-order valence-corrected chi connectivity index (χ1v) is 8.28. The Morgan fingerprint density at radius 2 is 2.08 bits per heavy atom. The molecule has 1 unspecified atom stereocenters. The molecule has 1 aromatic carbocycles. The summed E-state index contributed by atoms with van der Waals surface area (Å²) in [6, 6.07) is 5.81. The van der Waals surface area contributed by atoms with E-state index in [1.165, 1.54) is 0 Å². The number of amides is 2. The minimum atomic E-state index is -0.310. The molecule has 3 rings (SSSR count). The number of hydrogen-bond acceptors (Lipinski definition) is 5. The van der Waals surface area contributed by atoms with Gasteiger partial charge in [0.15, 0.2) is 0 Å². The second-order valence-corrected chi connectivity index (χ2v) is 6.33. The van der Waals surface area contributed by atoms with E-state index in [0.29, 0.717) is 12.8 Å². The largest absolute Gasteiger partial charge is 0.495 e. The van der Waals surface area contributed by atoms with Gasteiger partial charge in [0, 0.05) is 25.5 Å². The summed E-state index contributed by atoms with van der Waals surface area (Å²) in [5.41, 5.74) is 1.86. The number of imide groups is 1. The van der Waals surface area contributed by atoms with E-state index < -0.39 is 0 Å². The lowest BCUT2D eigenvalue weighted by molar-refractivity contribution is -0.134. The van der Waals surface area contributed by atoms with Crippen LogP contribution in [0.5, 0.6) is 5.75 Å². The number of carbonyl (C=O) groups excluding carboxylic acids is 2. The topological polar surface area (TPSA) is 82.4 Å². The van der Waals surface area contributed by atoms with E-state index in [0.717, 1.165) is 42.7 Å². The van der Waals surface area contributed by atoms with Crippen molar-refractivity contribution in [3.8, 4) is 11.7 Å². The Kier molecular flexibility index (Phi) is 4.75. The van der Waals surface area contributed by atoms with Crippen LogP contribution in [0, 0.1) is 11.2 Å². The molecule has 0 aliphatic carbocycles. The molecule has 0 aromatic heterocycles. The monoisotopic (exact) mass is 325 g/mol. The number of benzene rings is 1. The smallest absolute Gasteiger partial charge is 0.271 e. The SMILES string of the molecule is COc1cc(C2CCC(=O)NC2=O)ccc1N1CCB(C#N)CC1. The van der Waals surface area contributed by atoms with Crippen LogP contribution in [0.15, 0.2) is 18.2 Å². The van der Waals surface area contributed by atoms with Gasteiger partial charge in [-0.05, 0) is 36.8 Å². The molecule has 7 heteroatoms. The summed E-state index contributed by atoms with van der Waals surface area (Å²) in [7, 11) is 1.62. The minimum Gasteiger partial charge on any atom is -0.495 e. The third-order valence-corrected chi connectivity index (χ3v) is 4.86. The summed E-state index contributed by atoms with van der Waals surface area (Å²) in [6.45, 7) is 1.79. The summed E-state index contributed by atoms with van der Waals surface area (Å²) in [6.07, 6.45) is 2.60. The van der Waals surface area contributed by atoms with Gasteiger partial charge in [0.2, 0.25) is 11.8 Å². The van der Waals surface area contributed by atoms with Gasteiger partial charge in [-0.3, -0.25) is 14.9 Å². The van der Waals surface area contributed by atoms with E-state index >= 15 is 0 Å². The van der Waals surface area contributed by atoms with Crippen molar-refractivity contribution in [3.63, 3.8) is 0 Å². The van der Waals surface area contributed by atoms with Crippen LogP contribution in [0.25, 0.3) is 0 Å². The third kappa shape index (κ3) is 3.23. The van der Waals surface area contributed by atoms with E-state index in [1.807, 2.05) is 18.2 Å². The van der Waals surface area contributed by atoms with Crippen molar-refractivity contribution in [2.75, 3.05) is 25.1 Å². The summed E-state index contributed by atoms with van der Waals surface area (Å²) in [5, 5.41) is 11.4. The quantitative estimate of drug-likeness (QED) is 0.674. The molecule has 1 N–H and O–H groups in total. The molecule has 1 aromatic rings. The number of methoxy groups -OCH3 is 1. The molecule has 6 nitrogen and oxygen atoms in total. The van der Waals surface area contributed by atoms with E-state index in [4.69, 9.17) is 10.00 Å². The van der Waals surface area contributed by atoms with Crippen LogP contribution < -0.4 is 15.0 Å². The zero-order valence-electron chi connectivity index (χ0n) is 13.7. The number of nitrogens with zero attached hydrogens (tertiary/aromatic N) is 2. The summed E-state index contributed by atoms with van der Waals surface area (Å²) in [5.74, 6) is 2.31. The fourth-order valence-electron chi connectivity index (χ4n) is 3.43. The van der Waals surface area contributed by atoms with Gasteiger partial charge in [0.25, 0.3) is 6.71 Å². The number of hydrogen-bond donors (Lipinski definition) is 1. The minimum absolute atomic E-state index is 0.134. The highest BCUT2D eigenvalue weighted by Gasteiger charge is 2.29. The van der Waals surface area contributed by atoms with E-state index in [2.05, 4.69) is 16.2 Å². The van der Waals surface area contributed by atoms with Gasteiger partial charge >= 0.3 is 0 Å². The van der Waals surface area contributed by atoms with Crippen LogP contribution in [-0.2, 0) is 9.59 Å². The predicted molar refractivity (Wildman–Crippen MR) is 91.3 cm³/mol. The molecule has 0 spiro atoms. The van der Waals surface area contributed by atoms with Crippen LogP contribution in [0.2, 0.25) is 12.6 Å². The molecule has 124 valence electrons. The molecular formula is C17H20BN3O3. The maximum absolute atomic E-state index is 12.0. The van der Waals surface area contributed by atoms with Crippen molar-refractivity contribution in [2.45, 2.75) is 31.4 Å². The molecule has 0 radical (unpaired) electrons. The van der Waals surface area contributed by atoms with Crippen molar-refractivity contribution in [1.82, 2.24) is 5.32 Å². The van der Waals surface area contributed by atoms with Gasteiger partial charge in [0.1, 0.15) is 5.75 Å². The number of nitrogens with one attached hydrogen (secondary N) is 1. The molecule has 2 fully saturated rings. The number of rotatable bonds is 3. The standard InChI is InChI=1S/C17H20BN3O3/c1-24-15-10-12(13-3-5-16(22)20-17(13)23)2-4-14(15)21-8-6-18(11-19)7-9-21/h2,4,10,13H,3,5-9H2,1H3,(H,20,22,23). The van der Waals surface area contributed by atoms with Crippen molar-refractivity contribution >= 4 is 24.2 Å². The Morgan fingerprint density at radius 3 is 2.71 bits per heavy atom. The third-order valence-electron chi connectivity index (χ3n) is 4.86. The number of anilines is 1. The van der Waals surface area contributed by atoms with E-state index in [1.54, 1.807) is 7.11 Å². The van der Waals surface area contributed by atoms with Gasteiger partial charge in [-0.25, -0.2) is 5.26 Å². The first-order valence-electron chi connectivity index (χ1n) is 8.28. The summed E-state index contributed by atoms with van der Waals surface area (Å²) >= 11 is 0. The number of piperidine rings is 1. The molecule has 2 heterocycles. The normalized spacial score (nSPS) is 21.2. The van der Waals surface area contributed by atoms with Gasteiger partial charge < -0.3 is 9.64 Å². The van der Waals surface area contributed by atoms with Gasteiger partial charge in [-0.2, -0.15) is 0 Å². The average molecular weight is 325 g/mol. The molecule has 0 saturated carbocycles. The average Bonchev–Trinajstić information content (AvgIpc) is 2.61. The molecule has 24 heavy (non-hydrogen) atoms. The molecule has 1 atom stereocenters. The highest BCUT2D eigenvalue weighted by atomic mass is 16.5. The second kappa shape index (κ2) is 6.96. The predicted octanol–water partition coefficient (Wildman–Crippen LogP) is 1.59. The Balaban J connectivity index is 1.80. The molecule has 2 saturated heterocycles. The number of carbonyl (C=O) groups is 2. The van der Waals surface area contributed by atoms with Gasteiger partial charge in [0.05, 0.1) is 18.7 Å². The van der Waals surface area contributed by atoms with Crippen molar-refractivity contribution < 1.29 is 14.3 Å². The lowest BCUT2D eigenvalue weighted by atomic mass is 9.45. The number of nitriles is 1. The summed E-state index contributed by atoms with van der Waals surface area (Å²) in [4.78, 5) is 25.6. The first-order chi connectivity index (χ1) is 11.6. The zero-order chi connectivity index (χ0) is 17.1. The van der Waals surface area contributed by atoms with Crippen LogP contribution in [0.4, 0.5) is 5.69 Å². The van der Waals surface area contributed by atoms with Crippen molar-refractivity contribution in [3.05, 3.63) is 23.8 Å². The molecule has 0 bridgehead atoms. The Labute approximate surface area is 141 Å². The Bertz CT molecular complexity index is 693.